The monoisotopic (exact) mass is 374 g/mol. The Hall–Kier alpha value is -3.51. The summed E-state index contributed by atoms with van der Waals surface area (Å²) in [7, 11) is 0. The molecule has 0 saturated carbocycles. The highest BCUT2D eigenvalue weighted by molar-refractivity contribution is 6.23. The molecule has 4 rings (SSSR count). The van der Waals surface area contributed by atoms with Gasteiger partial charge in [-0.15, -0.1) is 0 Å². The molecular weight excluding hydrogens is 356 g/mol. The van der Waals surface area contributed by atoms with Crippen LogP contribution in [0.3, 0.4) is 0 Å². The zero-order chi connectivity index (χ0) is 19.7. The second-order valence-electron chi connectivity index (χ2n) is 6.60. The van der Waals surface area contributed by atoms with Gasteiger partial charge in [-0.2, -0.15) is 0 Å². The fourth-order valence-corrected chi connectivity index (χ4v) is 3.54. The maximum atomic E-state index is 13.3. The molecule has 2 aromatic carbocycles. The fraction of sp³-hybridized carbons (Fsp3) is 0.136. The van der Waals surface area contributed by atoms with Gasteiger partial charge in [-0.25, -0.2) is 0 Å². The molecule has 6 heteroatoms. The van der Waals surface area contributed by atoms with Crippen molar-refractivity contribution in [3.8, 4) is 0 Å². The van der Waals surface area contributed by atoms with Gasteiger partial charge in [0.1, 0.15) is 6.04 Å². The molecule has 0 fully saturated rings. The van der Waals surface area contributed by atoms with Crippen LogP contribution >= 0.6 is 0 Å². The first-order valence-electron chi connectivity index (χ1n) is 8.94. The summed E-state index contributed by atoms with van der Waals surface area (Å²) in [5, 5.41) is 9.52. The molecule has 3 aromatic rings. The molecule has 1 atom stereocenters. The Morgan fingerprint density at radius 3 is 2.07 bits per heavy atom. The van der Waals surface area contributed by atoms with Crippen LogP contribution in [0.5, 0.6) is 0 Å². The maximum Gasteiger partial charge on any atom is 0.262 e. The van der Waals surface area contributed by atoms with Crippen LogP contribution in [0.15, 0.2) is 72.9 Å². The molecule has 1 aliphatic heterocycles. The number of aliphatic hydroxyl groups excluding tert-OH is 1. The highest BCUT2D eigenvalue weighted by atomic mass is 16.3. The molecule has 0 radical (unpaired) electrons. The number of benzene rings is 2. The predicted octanol–water partition coefficient (Wildman–Crippen LogP) is 2.53. The van der Waals surface area contributed by atoms with E-state index >= 15 is 0 Å². The number of hydrogen-bond acceptors (Lipinski definition) is 4. The third-order valence-corrected chi connectivity index (χ3v) is 4.93. The van der Waals surface area contributed by atoms with Crippen molar-refractivity contribution < 1.29 is 19.5 Å². The van der Waals surface area contributed by atoms with Crippen molar-refractivity contribution in [3.63, 3.8) is 0 Å². The Morgan fingerprint density at radius 2 is 1.46 bits per heavy atom. The topological polar surface area (TPSA) is 79.6 Å². The van der Waals surface area contributed by atoms with Crippen LogP contribution < -0.4 is 0 Å². The average Bonchev–Trinajstić information content (AvgIpc) is 3.30. The fourth-order valence-electron chi connectivity index (χ4n) is 3.54. The molecule has 28 heavy (non-hydrogen) atoms. The first-order valence-corrected chi connectivity index (χ1v) is 8.94. The molecule has 0 saturated heterocycles. The van der Waals surface area contributed by atoms with Crippen molar-refractivity contribution in [2.24, 2.45) is 0 Å². The first-order chi connectivity index (χ1) is 13.6. The zero-order valence-corrected chi connectivity index (χ0v) is 15.0. The number of amides is 2. The molecule has 140 valence electrons. The van der Waals surface area contributed by atoms with E-state index in [2.05, 4.69) is 0 Å². The number of carbonyl (C=O) groups is 3. The van der Waals surface area contributed by atoms with Crippen molar-refractivity contribution in [2.75, 3.05) is 0 Å². The molecule has 0 bridgehead atoms. The van der Waals surface area contributed by atoms with Gasteiger partial charge < -0.3 is 5.11 Å². The number of imide groups is 1. The van der Waals surface area contributed by atoms with Crippen molar-refractivity contribution in [1.82, 2.24) is 9.47 Å². The molecule has 0 spiro atoms. The minimum atomic E-state index is -1.02. The summed E-state index contributed by atoms with van der Waals surface area (Å²) in [6.07, 6.45) is 1.72. The lowest BCUT2D eigenvalue weighted by Crippen LogP contribution is -2.48. The number of fused-ring (bicyclic) bond motifs is 1. The van der Waals surface area contributed by atoms with Crippen LogP contribution in [0.1, 0.15) is 36.8 Å². The minimum Gasteiger partial charge on any atom is -0.390 e. The predicted molar refractivity (Wildman–Crippen MR) is 102 cm³/mol. The van der Waals surface area contributed by atoms with Gasteiger partial charge in [0.2, 0.25) is 0 Å². The van der Waals surface area contributed by atoms with Gasteiger partial charge in [-0.05, 0) is 29.8 Å². The Balaban J connectivity index is 1.77. The van der Waals surface area contributed by atoms with Gasteiger partial charge in [0.05, 0.1) is 23.4 Å². The van der Waals surface area contributed by atoms with Crippen LogP contribution in [0.4, 0.5) is 0 Å². The molecule has 2 heterocycles. The van der Waals surface area contributed by atoms with Gasteiger partial charge in [-0.3, -0.25) is 23.9 Å². The van der Waals surface area contributed by atoms with Gasteiger partial charge in [0.25, 0.3) is 17.7 Å². The first kappa shape index (κ1) is 17.9. The summed E-state index contributed by atoms with van der Waals surface area (Å²) >= 11 is 0. The van der Waals surface area contributed by atoms with Crippen molar-refractivity contribution in [1.29, 1.82) is 0 Å². The highest BCUT2D eigenvalue weighted by Crippen LogP contribution is 2.27. The highest BCUT2D eigenvalue weighted by Gasteiger charge is 2.43. The van der Waals surface area contributed by atoms with Crippen molar-refractivity contribution in [3.05, 3.63) is 95.3 Å². The lowest BCUT2D eigenvalue weighted by Gasteiger charge is -2.26. The number of hydrogen-bond donors (Lipinski definition) is 1. The van der Waals surface area contributed by atoms with E-state index in [1.165, 1.54) is 10.8 Å². The van der Waals surface area contributed by atoms with Crippen molar-refractivity contribution >= 4 is 17.7 Å². The smallest absolute Gasteiger partial charge is 0.262 e. The molecule has 1 N–H and O–H groups in total. The van der Waals surface area contributed by atoms with Crippen LogP contribution in [0.2, 0.25) is 0 Å². The van der Waals surface area contributed by atoms with Gasteiger partial charge in [0.15, 0.2) is 0 Å². The van der Waals surface area contributed by atoms with E-state index in [9.17, 15) is 19.5 Å². The van der Waals surface area contributed by atoms with Crippen LogP contribution in [0.25, 0.3) is 0 Å². The van der Waals surface area contributed by atoms with E-state index in [1.807, 2.05) is 30.3 Å². The third-order valence-electron chi connectivity index (χ3n) is 4.93. The molecule has 1 aliphatic rings. The third kappa shape index (κ3) is 2.93. The summed E-state index contributed by atoms with van der Waals surface area (Å²) in [6.45, 7) is -0.321. The summed E-state index contributed by atoms with van der Waals surface area (Å²) in [6, 6.07) is 18.1. The molecule has 0 aliphatic carbocycles. The summed E-state index contributed by atoms with van der Waals surface area (Å²) in [4.78, 5) is 40.3. The Bertz CT molecular complexity index is 1020. The van der Waals surface area contributed by atoms with Crippen LogP contribution in [-0.4, -0.2) is 38.3 Å². The van der Waals surface area contributed by atoms with Gasteiger partial charge >= 0.3 is 0 Å². The lowest BCUT2D eigenvalue weighted by atomic mass is 10.0. The summed E-state index contributed by atoms with van der Waals surface area (Å²) in [5.74, 6) is -1.40. The van der Waals surface area contributed by atoms with E-state index in [-0.39, 0.29) is 13.0 Å². The minimum absolute atomic E-state index is 0.189. The number of aliphatic hydroxyl groups is 1. The largest absolute Gasteiger partial charge is 0.390 e. The van der Waals surface area contributed by atoms with E-state index < -0.39 is 23.8 Å². The Kier molecular flexibility index (Phi) is 4.63. The van der Waals surface area contributed by atoms with E-state index in [0.29, 0.717) is 16.8 Å². The quantitative estimate of drug-likeness (QED) is 0.696. The second kappa shape index (κ2) is 7.25. The maximum absolute atomic E-state index is 13.3. The van der Waals surface area contributed by atoms with E-state index in [1.54, 1.807) is 36.4 Å². The zero-order valence-electron chi connectivity index (χ0n) is 15.0. The Labute approximate surface area is 161 Å². The number of carbonyl (C=O) groups excluding carboxylic acids is 3. The number of nitrogens with zero attached hydrogens (tertiary/aromatic N) is 2. The van der Waals surface area contributed by atoms with Gasteiger partial charge in [-0.1, -0.05) is 42.5 Å². The number of rotatable bonds is 5. The molecule has 0 unspecified atom stereocenters. The summed E-state index contributed by atoms with van der Waals surface area (Å²) < 4.78 is 1.30. The molecule has 1 aromatic heterocycles. The van der Waals surface area contributed by atoms with Gasteiger partial charge in [0, 0.05) is 12.6 Å². The molecular formula is C22H18N2O4. The normalized spacial score (nSPS) is 14.2. The van der Waals surface area contributed by atoms with Crippen LogP contribution in [-0.2, 0) is 13.0 Å². The summed E-state index contributed by atoms with van der Waals surface area (Å²) in [5.41, 5.74) is 1.83. The Morgan fingerprint density at radius 1 is 0.857 bits per heavy atom. The molecule has 6 nitrogen and oxygen atoms in total. The molecule has 2 amide bonds. The second-order valence-corrected chi connectivity index (χ2v) is 6.60. The van der Waals surface area contributed by atoms with E-state index in [0.717, 1.165) is 10.5 Å². The van der Waals surface area contributed by atoms with E-state index in [4.69, 9.17) is 0 Å². The standard InChI is InChI=1S/C22H18N2O4/c25-14-16-9-6-12-23(16)22(28)19(13-15-7-2-1-3-8-15)24-20(26)17-10-4-5-11-18(17)21(24)27/h1-12,19,25H,13-14H2/t19-/m0/s1. The van der Waals surface area contributed by atoms with Crippen LogP contribution in [0, 0.1) is 0 Å². The SMILES string of the molecule is O=C1c2ccccc2C(=O)N1[C@@H](Cc1ccccc1)C(=O)n1cccc1CO. The lowest BCUT2D eigenvalue weighted by molar-refractivity contribution is 0.0510. The average molecular weight is 374 g/mol. The number of aromatic nitrogens is 1. The van der Waals surface area contributed by atoms with Crippen molar-refractivity contribution in [2.45, 2.75) is 19.1 Å².